The summed E-state index contributed by atoms with van der Waals surface area (Å²) in [4.78, 5) is 30.2. The Hall–Kier alpha value is -3.45. The van der Waals surface area contributed by atoms with Gasteiger partial charge in [-0.25, -0.2) is 4.98 Å². The molecule has 2 aromatic carbocycles. The van der Waals surface area contributed by atoms with E-state index in [-0.39, 0.29) is 24.9 Å². The van der Waals surface area contributed by atoms with E-state index < -0.39 is 0 Å². The van der Waals surface area contributed by atoms with Crippen molar-refractivity contribution in [3.63, 3.8) is 0 Å². The van der Waals surface area contributed by atoms with Crippen LogP contribution in [0.5, 0.6) is 0 Å². The monoisotopic (exact) mass is 404 g/mol. The van der Waals surface area contributed by atoms with Gasteiger partial charge in [0.15, 0.2) is 0 Å². The molecule has 2 aromatic heterocycles. The number of fused-ring (bicyclic) bond motifs is 1. The van der Waals surface area contributed by atoms with Crippen LogP contribution in [0.25, 0.3) is 11.0 Å². The Morgan fingerprint density at radius 3 is 2.59 bits per heavy atom. The van der Waals surface area contributed by atoms with Crippen molar-refractivity contribution >= 4 is 39.9 Å². The van der Waals surface area contributed by atoms with Gasteiger partial charge in [0.1, 0.15) is 12.4 Å². The van der Waals surface area contributed by atoms with Crippen LogP contribution in [0.15, 0.2) is 66.0 Å². The second-order valence-electron chi connectivity index (χ2n) is 6.68. The maximum atomic E-state index is 12.6. The fraction of sp³-hybridized carbons (Fsp3) is 0.136. The lowest BCUT2D eigenvalue weighted by Crippen LogP contribution is -2.26. The van der Waals surface area contributed by atoms with Gasteiger partial charge in [-0.15, -0.1) is 11.3 Å². The molecule has 146 valence electrons. The SMILES string of the molecule is Cc1ccc(NC(=O)Cn2c(CNC(=O)c3cccs3)nc3ccccc32)cc1. The van der Waals surface area contributed by atoms with E-state index in [0.717, 1.165) is 22.3 Å². The zero-order chi connectivity index (χ0) is 20.2. The molecule has 7 heteroatoms. The number of rotatable bonds is 6. The average molecular weight is 404 g/mol. The Balaban J connectivity index is 1.53. The molecule has 2 amide bonds. The molecule has 2 heterocycles. The normalized spacial score (nSPS) is 10.8. The van der Waals surface area contributed by atoms with Crippen LogP contribution in [0.2, 0.25) is 0 Å². The van der Waals surface area contributed by atoms with Gasteiger partial charge in [0, 0.05) is 5.69 Å². The number of para-hydroxylation sites is 2. The fourth-order valence-corrected chi connectivity index (χ4v) is 3.71. The van der Waals surface area contributed by atoms with E-state index >= 15 is 0 Å². The standard InChI is InChI=1S/C22H20N4O2S/c1-15-8-10-16(11-9-15)24-21(27)14-26-18-6-3-2-5-17(18)25-20(26)13-23-22(28)19-7-4-12-29-19/h2-12H,13-14H2,1H3,(H,23,28)(H,24,27). The quantitative estimate of drug-likeness (QED) is 0.510. The van der Waals surface area contributed by atoms with E-state index in [0.29, 0.717) is 10.7 Å². The van der Waals surface area contributed by atoms with Crippen LogP contribution < -0.4 is 10.6 Å². The van der Waals surface area contributed by atoms with Crippen molar-refractivity contribution in [2.75, 3.05) is 5.32 Å². The topological polar surface area (TPSA) is 76.0 Å². The lowest BCUT2D eigenvalue weighted by atomic mass is 10.2. The molecule has 0 aliphatic carbocycles. The number of nitrogens with zero attached hydrogens (tertiary/aromatic N) is 2. The highest BCUT2D eigenvalue weighted by Gasteiger charge is 2.15. The number of amides is 2. The first-order chi connectivity index (χ1) is 14.1. The molecule has 6 nitrogen and oxygen atoms in total. The number of nitrogens with one attached hydrogen (secondary N) is 2. The largest absolute Gasteiger partial charge is 0.344 e. The number of carbonyl (C=O) groups excluding carboxylic acids is 2. The van der Waals surface area contributed by atoms with E-state index in [1.807, 2.05) is 71.5 Å². The molecule has 0 bridgehead atoms. The minimum absolute atomic E-state index is 0.110. The summed E-state index contributed by atoms with van der Waals surface area (Å²) in [7, 11) is 0. The third kappa shape index (κ3) is 4.35. The third-order valence-electron chi connectivity index (χ3n) is 4.52. The number of hydrogen-bond acceptors (Lipinski definition) is 4. The molecule has 0 aliphatic heterocycles. The Bertz CT molecular complexity index is 1150. The van der Waals surface area contributed by atoms with Crippen molar-refractivity contribution in [1.82, 2.24) is 14.9 Å². The Morgan fingerprint density at radius 2 is 1.83 bits per heavy atom. The molecular formula is C22H20N4O2S. The molecule has 0 saturated heterocycles. The molecule has 29 heavy (non-hydrogen) atoms. The Kier molecular flexibility index (Phi) is 5.39. The molecule has 0 radical (unpaired) electrons. The van der Waals surface area contributed by atoms with Crippen molar-refractivity contribution in [3.8, 4) is 0 Å². The smallest absolute Gasteiger partial charge is 0.261 e. The van der Waals surface area contributed by atoms with Crippen molar-refractivity contribution in [1.29, 1.82) is 0 Å². The van der Waals surface area contributed by atoms with Crippen LogP contribution in [0.1, 0.15) is 21.1 Å². The first-order valence-corrected chi connectivity index (χ1v) is 10.1. The number of anilines is 1. The van der Waals surface area contributed by atoms with Crippen LogP contribution in [-0.2, 0) is 17.9 Å². The van der Waals surface area contributed by atoms with Crippen molar-refractivity contribution < 1.29 is 9.59 Å². The summed E-state index contributed by atoms with van der Waals surface area (Å²) >= 11 is 1.38. The first-order valence-electron chi connectivity index (χ1n) is 9.22. The van der Waals surface area contributed by atoms with Gasteiger partial charge in [0.25, 0.3) is 5.91 Å². The van der Waals surface area contributed by atoms with Gasteiger partial charge in [-0.05, 0) is 42.6 Å². The molecule has 0 atom stereocenters. The zero-order valence-electron chi connectivity index (χ0n) is 15.9. The lowest BCUT2D eigenvalue weighted by molar-refractivity contribution is -0.116. The molecular weight excluding hydrogens is 384 g/mol. The molecule has 0 saturated carbocycles. The van der Waals surface area contributed by atoms with E-state index in [1.54, 1.807) is 6.07 Å². The summed E-state index contributed by atoms with van der Waals surface area (Å²) in [5.41, 5.74) is 3.52. The van der Waals surface area contributed by atoms with Gasteiger partial charge in [-0.1, -0.05) is 35.9 Å². The van der Waals surface area contributed by atoms with Gasteiger partial charge in [-0.3, -0.25) is 9.59 Å². The number of carbonyl (C=O) groups is 2. The maximum Gasteiger partial charge on any atom is 0.261 e. The molecule has 4 aromatic rings. The predicted molar refractivity (Wildman–Crippen MR) is 115 cm³/mol. The number of aromatic nitrogens is 2. The lowest BCUT2D eigenvalue weighted by Gasteiger charge is -2.11. The van der Waals surface area contributed by atoms with Gasteiger partial charge >= 0.3 is 0 Å². The number of imidazole rings is 1. The van der Waals surface area contributed by atoms with Gasteiger partial charge in [-0.2, -0.15) is 0 Å². The number of hydrogen-bond donors (Lipinski definition) is 2. The van der Waals surface area contributed by atoms with Gasteiger partial charge < -0.3 is 15.2 Å². The van der Waals surface area contributed by atoms with Crippen LogP contribution in [0.4, 0.5) is 5.69 Å². The van der Waals surface area contributed by atoms with Gasteiger partial charge in [0.2, 0.25) is 5.91 Å². The fourth-order valence-electron chi connectivity index (χ4n) is 3.07. The van der Waals surface area contributed by atoms with E-state index in [4.69, 9.17) is 0 Å². The molecule has 4 rings (SSSR count). The molecule has 0 fully saturated rings. The summed E-state index contributed by atoms with van der Waals surface area (Å²) in [5, 5.41) is 7.66. The minimum Gasteiger partial charge on any atom is -0.344 e. The Morgan fingerprint density at radius 1 is 1.03 bits per heavy atom. The number of aryl methyl sites for hydroxylation is 1. The highest BCUT2D eigenvalue weighted by atomic mass is 32.1. The molecule has 0 unspecified atom stereocenters. The Labute approximate surface area is 172 Å². The molecule has 2 N–H and O–H groups in total. The molecule has 0 aliphatic rings. The van der Waals surface area contributed by atoms with Crippen LogP contribution in [0, 0.1) is 6.92 Å². The predicted octanol–water partition coefficient (Wildman–Crippen LogP) is 3.97. The van der Waals surface area contributed by atoms with Crippen LogP contribution in [-0.4, -0.2) is 21.4 Å². The van der Waals surface area contributed by atoms with Crippen molar-refractivity contribution in [2.24, 2.45) is 0 Å². The first kappa shape index (κ1) is 18.9. The summed E-state index contributed by atoms with van der Waals surface area (Å²) in [6, 6.07) is 18.9. The van der Waals surface area contributed by atoms with Crippen molar-refractivity contribution in [2.45, 2.75) is 20.0 Å². The number of thiophene rings is 1. The van der Waals surface area contributed by atoms with Crippen molar-refractivity contribution in [3.05, 3.63) is 82.3 Å². The summed E-state index contributed by atoms with van der Waals surface area (Å²) in [5.74, 6) is 0.334. The second kappa shape index (κ2) is 8.28. The highest BCUT2D eigenvalue weighted by Crippen LogP contribution is 2.17. The van der Waals surface area contributed by atoms with E-state index in [1.165, 1.54) is 11.3 Å². The maximum absolute atomic E-state index is 12.6. The molecule has 0 spiro atoms. The highest BCUT2D eigenvalue weighted by molar-refractivity contribution is 7.12. The third-order valence-corrected chi connectivity index (χ3v) is 5.39. The summed E-state index contributed by atoms with van der Waals surface area (Å²) < 4.78 is 1.84. The number of benzene rings is 2. The average Bonchev–Trinajstić information content (AvgIpc) is 3.37. The van der Waals surface area contributed by atoms with Crippen LogP contribution in [0.3, 0.4) is 0 Å². The van der Waals surface area contributed by atoms with E-state index in [9.17, 15) is 9.59 Å². The summed E-state index contributed by atoms with van der Waals surface area (Å²) in [6.45, 7) is 2.35. The second-order valence-corrected chi connectivity index (χ2v) is 7.62. The minimum atomic E-state index is -0.150. The zero-order valence-corrected chi connectivity index (χ0v) is 16.7. The van der Waals surface area contributed by atoms with E-state index in [2.05, 4.69) is 15.6 Å². The van der Waals surface area contributed by atoms with Crippen LogP contribution >= 0.6 is 11.3 Å². The summed E-state index contributed by atoms with van der Waals surface area (Å²) in [6.07, 6.45) is 0. The van der Waals surface area contributed by atoms with Gasteiger partial charge in [0.05, 0.1) is 22.5 Å².